The standard InChI is InChI=1S/C22H19ClF3N3O5/c23-11-1-2-15-13(5-11)14(30)6-16(32-15)17(31)27-21-7-20(8-21,9-21)19-29-28-18(33-19)10-3-12(4-10)34-22(24,25)26/h1-2,5,10,12,16H,3-4,6-9H2,(H,27,31). The van der Waals surface area contributed by atoms with Gasteiger partial charge in [-0.05, 0) is 50.3 Å². The number of ether oxygens (including phenoxy) is 2. The Balaban J connectivity index is 1.03. The van der Waals surface area contributed by atoms with Crippen molar-refractivity contribution in [2.45, 2.75) is 74.0 Å². The van der Waals surface area contributed by atoms with Crippen LogP contribution in [0.5, 0.6) is 5.75 Å². The summed E-state index contributed by atoms with van der Waals surface area (Å²) < 4.78 is 52.4. The zero-order chi connectivity index (χ0) is 23.9. The van der Waals surface area contributed by atoms with E-state index in [1.807, 2.05) is 0 Å². The van der Waals surface area contributed by atoms with E-state index in [9.17, 15) is 22.8 Å². The number of nitrogens with zero attached hydrogens (tertiary/aromatic N) is 2. The van der Waals surface area contributed by atoms with Crippen molar-refractivity contribution in [1.82, 2.24) is 15.5 Å². The lowest BCUT2D eigenvalue weighted by Crippen LogP contribution is -2.77. The molecule has 1 aromatic heterocycles. The van der Waals surface area contributed by atoms with Crippen molar-refractivity contribution in [2.75, 3.05) is 0 Å². The van der Waals surface area contributed by atoms with E-state index in [4.69, 9.17) is 20.8 Å². The summed E-state index contributed by atoms with van der Waals surface area (Å²) in [5.74, 6) is 0.329. The van der Waals surface area contributed by atoms with Gasteiger partial charge in [0.05, 0.1) is 23.5 Å². The van der Waals surface area contributed by atoms with Crippen LogP contribution < -0.4 is 10.1 Å². The highest BCUT2D eigenvalue weighted by atomic mass is 35.5. The normalized spacial score (nSPS) is 33.6. The molecule has 1 atom stereocenters. The average Bonchev–Trinajstić information content (AvgIpc) is 3.14. The summed E-state index contributed by atoms with van der Waals surface area (Å²) in [5, 5.41) is 11.6. The number of nitrogens with one attached hydrogen (secondary N) is 1. The molecule has 1 amide bonds. The fourth-order valence-electron chi connectivity index (χ4n) is 5.60. The number of hydrogen-bond acceptors (Lipinski definition) is 7. The number of amides is 1. The van der Waals surface area contributed by atoms with Gasteiger partial charge in [-0.25, -0.2) is 0 Å². The van der Waals surface area contributed by atoms with Gasteiger partial charge in [-0.3, -0.25) is 14.3 Å². The molecular formula is C22H19ClF3N3O5. The highest BCUT2D eigenvalue weighted by Crippen LogP contribution is 2.67. The van der Waals surface area contributed by atoms with Crippen LogP contribution in [0.25, 0.3) is 0 Å². The molecule has 2 heterocycles. The van der Waals surface area contributed by atoms with Gasteiger partial charge in [-0.1, -0.05) is 11.6 Å². The van der Waals surface area contributed by atoms with Crippen molar-refractivity contribution in [3.63, 3.8) is 0 Å². The van der Waals surface area contributed by atoms with E-state index in [2.05, 4.69) is 20.3 Å². The predicted octanol–water partition coefficient (Wildman–Crippen LogP) is 3.83. The molecule has 34 heavy (non-hydrogen) atoms. The first-order chi connectivity index (χ1) is 16.0. The van der Waals surface area contributed by atoms with E-state index in [0.717, 1.165) is 0 Å². The van der Waals surface area contributed by atoms with E-state index < -0.39 is 24.1 Å². The Bertz CT molecular complexity index is 1170. The Morgan fingerprint density at radius 3 is 2.65 bits per heavy atom. The Kier molecular flexibility index (Phi) is 4.61. The van der Waals surface area contributed by atoms with E-state index in [1.54, 1.807) is 12.1 Å². The summed E-state index contributed by atoms with van der Waals surface area (Å²) >= 11 is 5.93. The van der Waals surface area contributed by atoms with Crippen LogP contribution in [0, 0.1) is 0 Å². The third kappa shape index (κ3) is 3.56. The summed E-state index contributed by atoms with van der Waals surface area (Å²) in [7, 11) is 0. The minimum atomic E-state index is -4.65. The summed E-state index contributed by atoms with van der Waals surface area (Å²) in [6.07, 6.45) is -4.28. The fraction of sp³-hybridized carbons (Fsp3) is 0.545. The second-order valence-electron chi connectivity index (χ2n) is 9.75. The van der Waals surface area contributed by atoms with Gasteiger partial charge in [0.2, 0.25) is 11.8 Å². The second-order valence-corrected chi connectivity index (χ2v) is 10.2. The number of carbonyl (C=O) groups is 2. The maximum absolute atomic E-state index is 12.8. The SMILES string of the molecule is O=C1CC(C(=O)NC23CC(c4nnc(C5CC(OC(F)(F)F)C5)o4)(C2)C3)Oc2ccc(Cl)cc21. The van der Waals surface area contributed by atoms with Crippen LogP contribution >= 0.6 is 11.6 Å². The Morgan fingerprint density at radius 1 is 1.21 bits per heavy atom. The fourth-order valence-corrected chi connectivity index (χ4v) is 5.77. The van der Waals surface area contributed by atoms with Crippen LogP contribution in [0.4, 0.5) is 13.2 Å². The number of carbonyl (C=O) groups excluding carboxylic acids is 2. The van der Waals surface area contributed by atoms with E-state index in [1.165, 1.54) is 6.07 Å². The molecule has 5 aliphatic rings. The number of alkyl halides is 3. The molecule has 1 aliphatic heterocycles. The molecule has 180 valence electrons. The maximum atomic E-state index is 12.8. The number of benzene rings is 1. The minimum Gasteiger partial charge on any atom is -0.479 e. The maximum Gasteiger partial charge on any atom is 0.522 e. The first-order valence-electron chi connectivity index (χ1n) is 10.9. The number of aromatic nitrogens is 2. The summed E-state index contributed by atoms with van der Waals surface area (Å²) in [4.78, 5) is 25.2. The molecule has 0 spiro atoms. The molecular weight excluding hydrogens is 479 g/mol. The van der Waals surface area contributed by atoms with Gasteiger partial charge in [0.15, 0.2) is 11.9 Å². The van der Waals surface area contributed by atoms with Crippen molar-refractivity contribution < 1.29 is 36.7 Å². The van der Waals surface area contributed by atoms with Gasteiger partial charge < -0.3 is 14.5 Å². The van der Waals surface area contributed by atoms with Crippen LogP contribution in [0.15, 0.2) is 22.6 Å². The quantitative estimate of drug-likeness (QED) is 0.669. The van der Waals surface area contributed by atoms with Gasteiger partial charge in [0, 0.05) is 16.5 Å². The highest BCUT2D eigenvalue weighted by Gasteiger charge is 2.72. The van der Waals surface area contributed by atoms with E-state index >= 15 is 0 Å². The lowest BCUT2D eigenvalue weighted by Gasteiger charge is -2.68. The molecule has 0 saturated heterocycles. The number of fused-ring (bicyclic) bond motifs is 1. The van der Waals surface area contributed by atoms with Crippen molar-refractivity contribution in [3.8, 4) is 5.75 Å². The summed E-state index contributed by atoms with van der Waals surface area (Å²) in [5.41, 5.74) is -0.354. The second kappa shape index (κ2) is 7.17. The molecule has 0 radical (unpaired) electrons. The Morgan fingerprint density at radius 2 is 1.94 bits per heavy atom. The third-order valence-corrected chi connectivity index (χ3v) is 7.47. The lowest BCUT2D eigenvalue weighted by atomic mass is 9.39. The molecule has 4 fully saturated rings. The first kappa shape index (κ1) is 21.8. The van der Waals surface area contributed by atoms with E-state index in [0.29, 0.717) is 47.4 Å². The van der Waals surface area contributed by atoms with Crippen LogP contribution in [-0.2, 0) is 14.9 Å². The van der Waals surface area contributed by atoms with Crippen LogP contribution in [0.3, 0.4) is 0 Å². The van der Waals surface area contributed by atoms with Gasteiger partial charge in [0.25, 0.3) is 5.91 Å². The predicted molar refractivity (Wildman–Crippen MR) is 108 cm³/mol. The molecule has 2 aromatic rings. The average molecular weight is 498 g/mol. The number of Topliss-reactive ketones (excluding diaryl/α,β-unsaturated/α-hetero) is 1. The van der Waals surface area contributed by atoms with Gasteiger partial charge >= 0.3 is 6.36 Å². The molecule has 4 saturated carbocycles. The number of halogens is 4. The van der Waals surface area contributed by atoms with E-state index in [-0.39, 0.29) is 42.3 Å². The first-order valence-corrected chi connectivity index (χ1v) is 11.3. The molecule has 7 rings (SSSR count). The minimum absolute atomic E-state index is 0.0617. The summed E-state index contributed by atoms with van der Waals surface area (Å²) in [6, 6.07) is 4.71. The Labute approximate surface area is 196 Å². The zero-order valence-electron chi connectivity index (χ0n) is 17.7. The third-order valence-electron chi connectivity index (χ3n) is 7.23. The van der Waals surface area contributed by atoms with Crippen LogP contribution in [0.2, 0.25) is 5.02 Å². The van der Waals surface area contributed by atoms with Crippen LogP contribution in [0.1, 0.15) is 66.6 Å². The molecule has 8 nitrogen and oxygen atoms in total. The summed E-state index contributed by atoms with van der Waals surface area (Å²) in [6.45, 7) is 0. The topological polar surface area (TPSA) is 104 Å². The molecule has 1 unspecified atom stereocenters. The van der Waals surface area contributed by atoms with Gasteiger partial charge in [-0.2, -0.15) is 0 Å². The monoisotopic (exact) mass is 497 g/mol. The molecule has 1 aromatic carbocycles. The number of rotatable bonds is 5. The molecule has 1 N–H and O–H groups in total. The van der Waals surface area contributed by atoms with Crippen molar-refractivity contribution in [2.24, 2.45) is 0 Å². The molecule has 12 heteroatoms. The van der Waals surface area contributed by atoms with Crippen molar-refractivity contribution >= 4 is 23.3 Å². The lowest BCUT2D eigenvalue weighted by molar-refractivity contribution is -0.352. The Hall–Kier alpha value is -2.66. The van der Waals surface area contributed by atoms with Gasteiger partial charge in [-0.15, -0.1) is 23.4 Å². The largest absolute Gasteiger partial charge is 0.522 e. The number of hydrogen-bond donors (Lipinski definition) is 1. The zero-order valence-corrected chi connectivity index (χ0v) is 18.4. The van der Waals surface area contributed by atoms with Crippen LogP contribution in [-0.4, -0.2) is 46.0 Å². The molecule has 2 bridgehead atoms. The van der Waals surface area contributed by atoms with Gasteiger partial charge in [0.1, 0.15) is 5.75 Å². The van der Waals surface area contributed by atoms with Crippen molar-refractivity contribution in [3.05, 3.63) is 40.6 Å². The number of ketones is 1. The highest BCUT2D eigenvalue weighted by molar-refractivity contribution is 6.31. The smallest absolute Gasteiger partial charge is 0.479 e. The molecule has 4 aliphatic carbocycles. The van der Waals surface area contributed by atoms with Crippen molar-refractivity contribution in [1.29, 1.82) is 0 Å².